The molecule has 1 aliphatic heterocycles. The topological polar surface area (TPSA) is 69.7 Å². The van der Waals surface area contributed by atoms with Crippen LogP contribution in [0.25, 0.3) is 21.1 Å². The molecule has 0 atom stereocenters. The van der Waals surface area contributed by atoms with Gasteiger partial charge >= 0.3 is 0 Å². The smallest absolute Gasteiger partial charge is 0.261 e. The lowest BCUT2D eigenvalue weighted by atomic mass is 10.2. The van der Waals surface area contributed by atoms with Crippen molar-refractivity contribution in [1.82, 2.24) is 10.3 Å². The minimum atomic E-state index is -0.123. The fraction of sp³-hybridized carbons (Fsp3) is 0.143. The number of nitrogens with one attached hydrogen (secondary N) is 1. The molecule has 5 rings (SSSR count). The summed E-state index contributed by atoms with van der Waals surface area (Å²) in [5.41, 5.74) is 1.80. The second-order valence-electron chi connectivity index (χ2n) is 6.42. The Morgan fingerprint density at radius 2 is 2.00 bits per heavy atom. The molecule has 0 aliphatic carbocycles. The lowest BCUT2D eigenvalue weighted by Crippen LogP contribution is -2.21. The van der Waals surface area contributed by atoms with Gasteiger partial charge in [0.05, 0.1) is 17.5 Å². The highest BCUT2D eigenvalue weighted by molar-refractivity contribution is 7.20. The van der Waals surface area contributed by atoms with Gasteiger partial charge in [-0.1, -0.05) is 6.07 Å². The molecule has 0 saturated heterocycles. The van der Waals surface area contributed by atoms with Gasteiger partial charge in [-0.3, -0.25) is 4.79 Å². The predicted octanol–water partition coefficient (Wildman–Crippen LogP) is 4.12. The summed E-state index contributed by atoms with van der Waals surface area (Å²) < 4.78 is 15.9. The highest BCUT2D eigenvalue weighted by Crippen LogP contribution is 2.33. The summed E-state index contributed by atoms with van der Waals surface area (Å²) >= 11 is 1.38. The molecular weight excluding hydrogens is 376 g/mol. The van der Waals surface area contributed by atoms with Gasteiger partial charge in [0.2, 0.25) is 6.79 Å². The van der Waals surface area contributed by atoms with Gasteiger partial charge < -0.3 is 19.5 Å². The van der Waals surface area contributed by atoms with Crippen LogP contribution in [0.15, 0.2) is 48.5 Å². The van der Waals surface area contributed by atoms with Crippen LogP contribution in [0.1, 0.15) is 15.2 Å². The molecule has 2 aromatic heterocycles. The van der Waals surface area contributed by atoms with E-state index in [2.05, 4.69) is 10.3 Å². The molecule has 2 aromatic carbocycles. The summed E-state index contributed by atoms with van der Waals surface area (Å²) in [7, 11) is 1.63. The Kier molecular flexibility index (Phi) is 4.02. The van der Waals surface area contributed by atoms with Crippen LogP contribution in [0.3, 0.4) is 0 Å². The van der Waals surface area contributed by atoms with Crippen molar-refractivity contribution in [2.75, 3.05) is 13.9 Å². The van der Waals surface area contributed by atoms with Crippen molar-refractivity contribution in [2.24, 2.45) is 0 Å². The number of methoxy groups -OCH3 is 1. The third-order valence-corrected chi connectivity index (χ3v) is 5.67. The Hall–Kier alpha value is -3.32. The van der Waals surface area contributed by atoms with Crippen molar-refractivity contribution in [2.45, 2.75) is 6.54 Å². The largest absolute Gasteiger partial charge is 0.497 e. The van der Waals surface area contributed by atoms with Gasteiger partial charge in [0.25, 0.3) is 5.91 Å². The number of amides is 1. The lowest BCUT2D eigenvalue weighted by Gasteiger charge is -2.04. The van der Waals surface area contributed by atoms with Gasteiger partial charge in [-0.2, -0.15) is 0 Å². The zero-order valence-corrected chi connectivity index (χ0v) is 15.8. The van der Waals surface area contributed by atoms with E-state index in [9.17, 15) is 4.79 Å². The molecule has 140 valence electrons. The van der Waals surface area contributed by atoms with E-state index in [4.69, 9.17) is 14.2 Å². The van der Waals surface area contributed by atoms with Crippen LogP contribution in [-0.4, -0.2) is 24.8 Å². The molecule has 7 heteroatoms. The van der Waals surface area contributed by atoms with E-state index in [0.29, 0.717) is 17.2 Å². The van der Waals surface area contributed by atoms with E-state index >= 15 is 0 Å². The first kappa shape index (κ1) is 16.8. The standard InChI is InChI=1S/C21H16N2O4S/c1-25-15-4-3-13-7-14-8-19(28-21(14)23-16(13)9-15)20(24)22-10-12-2-5-17-18(6-12)27-11-26-17/h2-9H,10-11H2,1H3,(H,22,24). The number of rotatable bonds is 4. The molecule has 28 heavy (non-hydrogen) atoms. The monoisotopic (exact) mass is 392 g/mol. The van der Waals surface area contributed by atoms with Crippen molar-refractivity contribution < 1.29 is 19.0 Å². The number of fused-ring (bicyclic) bond motifs is 3. The zero-order valence-electron chi connectivity index (χ0n) is 15.0. The van der Waals surface area contributed by atoms with Gasteiger partial charge in [-0.05, 0) is 42.0 Å². The number of carbonyl (C=O) groups excluding carboxylic acids is 1. The molecule has 1 N–H and O–H groups in total. The average molecular weight is 392 g/mol. The van der Waals surface area contributed by atoms with E-state index < -0.39 is 0 Å². The second kappa shape index (κ2) is 6.69. The normalized spacial score (nSPS) is 12.5. The number of carbonyl (C=O) groups is 1. The Bertz CT molecular complexity index is 1220. The Morgan fingerprint density at radius 1 is 1.11 bits per heavy atom. The SMILES string of the molecule is COc1ccc2cc3cc(C(=O)NCc4ccc5c(c4)OCO5)sc3nc2c1. The number of ether oxygens (including phenoxy) is 3. The Balaban J connectivity index is 1.37. The molecule has 0 saturated carbocycles. The molecule has 0 radical (unpaired) electrons. The minimum Gasteiger partial charge on any atom is -0.497 e. The van der Waals surface area contributed by atoms with E-state index in [1.807, 2.05) is 48.5 Å². The molecule has 0 unspecified atom stereocenters. The highest BCUT2D eigenvalue weighted by Gasteiger charge is 2.15. The summed E-state index contributed by atoms with van der Waals surface area (Å²) in [5, 5.41) is 4.92. The Morgan fingerprint density at radius 3 is 2.89 bits per heavy atom. The Labute approximate surface area is 164 Å². The van der Waals surface area contributed by atoms with Crippen molar-refractivity contribution >= 4 is 38.4 Å². The molecule has 0 fully saturated rings. The van der Waals surface area contributed by atoms with Crippen LogP contribution in [0.4, 0.5) is 0 Å². The van der Waals surface area contributed by atoms with Gasteiger partial charge in [-0.15, -0.1) is 11.3 Å². The molecule has 0 spiro atoms. The molecule has 3 heterocycles. The molecule has 1 aliphatic rings. The molecule has 4 aromatic rings. The van der Waals surface area contributed by atoms with E-state index in [0.717, 1.165) is 38.2 Å². The van der Waals surface area contributed by atoms with E-state index in [-0.39, 0.29) is 12.7 Å². The number of nitrogens with zero attached hydrogens (tertiary/aromatic N) is 1. The van der Waals surface area contributed by atoms with Crippen molar-refractivity contribution in [3.05, 3.63) is 59.0 Å². The summed E-state index contributed by atoms with van der Waals surface area (Å²) in [6.07, 6.45) is 0. The van der Waals surface area contributed by atoms with Crippen LogP contribution in [0.2, 0.25) is 0 Å². The van der Waals surface area contributed by atoms with Crippen molar-refractivity contribution in [1.29, 1.82) is 0 Å². The molecule has 6 nitrogen and oxygen atoms in total. The first-order chi connectivity index (χ1) is 13.7. The van der Waals surface area contributed by atoms with Gasteiger partial charge in [-0.25, -0.2) is 4.98 Å². The third kappa shape index (κ3) is 2.99. The van der Waals surface area contributed by atoms with Gasteiger partial charge in [0.15, 0.2) is 11.5 Å². The fourth-order valence-corrected chi connectivity index (χ4v) is 4.10. The number of hydrogen-bond donors (Lipinski definition) is 1. The zero-order chi connectivity index (χ0) is 19.1. The maximum absolute atomic E-state index is 12.6. The second-order valence-corrected chi connectivity index (χ2v) is 7.45. The molecular formula is C21H16N2O4S. The summed E-state index contributed by atoms with van der Waals surface area (Å²) in [5.74, 6) is 2.08. The van der Waals surface area contributed by atoms with Gasteiger partial charge in [0, 0.05) is 23.4 Å². The molecule has 0 bridgehead atoms. The van der Waals surface area contributed by atoms with Crippen LogP contribution in [0, 0.1) is 0 Å². The van der Waals surface area contributed by atoms with Crippen LogP contribution in [0.5, 0.6) is 17.2 Å². The lowest BCUT2D eigenvalue weighted by molar-refractivity contribution is 0.0955. The minimum absolute atomic E-state index is 0.123. The van der Waals surface area contributed by atoms with Crippen LogP contribution >= 0.6 is 11.3 Å². The summed E-state index contributed by atoms with van der Waals surface area (Å²) in [4.78, 5) is 18.7. The first-order valence-corrected chi connectivity index (χ1v) is 9.56. The maximum Gasteiger partial charge on any atom is 0.261 e. The fourth-order valence-electron chi connectivity index (χ4n) is 3.16. The summed E-state index contributed by atoms with van der Waals surface area (Å²) in [6.45, 7) is 0.649. The maximum atomic E-state index is 12.6. The molecule has 1 amide bonds. The third-order valence-electron chi connectivity index (χ3n) is 4.62. The number of benzene rings is 2. The van der Waals surface area contributed by atoms with Crippen LogP contribution < -0.4 is 19.5 Å². The number of pyridine rings is 1. The van der Waals surface area contributed by atoms with E-state index in [1.54, 1.807) is 7.11 Å². The number of aromatic nitrogens is 1. The summed E-state index contributed by atoms with van der Waals surface area (Å²) in [6, 6.07) is 15.4. The van der Waals surface area contributed by atoms with Gasteiger partial charge in [0.1, 0.15) is 10.6 Å². The number of hydrogen-bond acceptors (Lipinski definition) is 6. The van der Waals surface area contributed by atoms with Crippen molar-refractivity contribution in [3.8, 4) is 17.2 Å². The van der Waals surface area contributed by atoms with E-state index in [1.165, 1.54) is 11.3 Å². The highest BCUT2D eigenvalue weighted by atomic mass is 32.1. The predicted molar refractivity (Wildman–Crippen MR) is 107 cm³/mol. The quantitative estimate of drug-likeness (QED) is 0.566. The number of thiophene rings is 1. The van der Waals surface area contributed by atoms with Crippen LogP contribution in [-0.2, 0) is 6.54 Å². The average Bonchev–Trinajstić information content (AvgIpc) is 3.35. The first-order valence-electron chi connectivity index (χ1n) is 8.75. The van der Waals surface area contributed by atoms with Crippen molar-refractivity contribution in [3.63, 3.8) is 0 Å².